The Morgan fingerprint density at radius 2 is 1.92 bits per heavy atom. The Morgan fingerprint density at radius 1 is 1.12 bits per heavy atom. The van der Waals surface area contributed by atoms with Gasteiger partial charge in [0, 0.05) is 38.8 Å². The summed E-state index contributed by atoms with van der Waals surface area (Å²) < 4.78 is 55.9. The molecule has 3 aliphatic rings. The van der Waals surface area contributed by atoms with Gasteiger partial charge in [-0.15, -0.1) is 0 Å². The molecule has 3 heterocycles. The Balaban J connectivity index is 1.60. The molecule has 132 valence electrons. The van der Waals surface area contributed by atoms with E-state index in [1.807, 2.05) is 11.0 Å². The smallest absolute Gasteiger partial charge is 0.257 e. The van der Waals surface area contributed by atoms with Crippen LogP contribution in [0.3, 0.4) is 0 Å². The summed E-state index contributed by atoms with van der Waals surface area (Å²) in [7, 11) is -3.42. The molecule has 0 radical (unpaired) electrons. The van der Waals surface area contributed by atoms with Crippen molar-refractivity contribution in [2.75, 3.05) is 31.1 Å². The van der Waals surface area contributed by atoms with E-state index in [1.54, 1.807) is 18.3 Å². The zero-order valence-electron chi connectivity index (χ0n) is 13.4. The fraction of sp³-hybridized carbons (Fsp3) is 0.688. The predicted octanol–water partition coefficient (Wildman–Crippen LogP) is 2.11. The van der Waals surface area contributed by atoms with Gasteiger partial charge in [0.1, 0.15) is 5.82 Å². The quantitative estimate of drug-likeness (QED) is 0.831. The maximum absolute atomic E-state index is 14.8. The van der Waals surface area contributed by atoms with Crippen molar-refractivity contribution < 1.29 is 17.2 Å². The van der Waals surface area contributed by atoms with E-state index in [9.17, 15) is 17.2 Å². The van der Waals surface area contributed by atoms with Gasteiger partial charge in [-0.2, -0.15) is 0 Å². The number of alkyl halides is 2. The SMILES string of the molecule is O=S(=O)(C1CC1)N1CCC(F)(F)C2(CCN(c3ccccn3)C2)C1. The lowest BCUT2D eigenvalue weighted by molar-refractivity contribution is -0.145. The van der Waals surface area contributed by atoms with Gasteiger partial charge < -0.3 is 4.90 Å². The number of hydrogen-bond donors (Lipinski definition) is 0. The van der Waals surface area contributed by atoms with Gasteiger partial charge >= 0.3 is 0 Å². The Morgan fingerprint density at radius 3 is 2.58 bits per heavy atom. The van der Waals surface area contributed by atoms with Crippen LogP contribution in [-0.4, -0.2) is 55.1 Å². The normalized spacial score (nSPS) is 30.8. The highest BCUT2D eigenvalue weighted by molar-refractivity contribution is 7.90. The predicted molar refractivity (Wildman–Crippen MR) is 86.6 cm³/mol. The zero-order chi connectivity index (χ0) is 17.0. The summed E-state index contributed by atoms with van der Waals surface area (Å²) in [5.74, 6) is -2.18. The van der Waals surface area contributed by atoms with E-state index in [0.29, 0.717) is 25.2 Å². The van der Waals surface area contributed by atoms with Gasteiger partial charge in [0.05, 0.1) is 10.7 Å². The number of pyridine rings is 1. The topological polar surface area (TPSA) is 53.5 Å². The van der Waals surface area contributed by atoms with E-state index in [-0.39, 0.29) is 31.3 Å². The van der Waals surface area contributed by atoms with Crippen molar-refractivity contribution in [3.05, 3.63) is 24.4 Å². The monoisotopic (exact) mass is 357 g/mol. The van der Waals surface area contributed by atoms with Gasteiger partial charge in [-0.1, -0.05) is 6.07 Å². The van der Waals surface area contributed by atoms with Crippen molar-refractivity contribution in [1.82, 2.24) is 9.29 Å². The Labute approximate surface area is 140 Å². The average Bonchev–Trinajstić information content (AvgIpc) is 3.33. The van der Waals surface area contributed by atoms with E-state index >= 15 is 0 Å². The molecule has 0 N–H and O–H groups in total. The van der Waals surface area contributed by atoms with Crippen molar-refractivity contribution in [2.24, 2.45) is 5.41 Å². The molecule has 5 nitrogen and oxygen atoms in total. The van der Waals surface area contributed by atoms with Gasteiger partial charge in [-0.25, -0.2) is 26.5 Å². The van der Waals surface area contributed by atoms with Gasteiger partial charge in [0.2, 0.25) is 10.0 Å². The number of aromatic nitrogens is 1. The maximum Gasteiger partial charge on any atom is 0.257 e. The number of sulfonamides is 1. The lowest BCUT2D eigenvalue weighted by Gasteiger charge is -2.45. The highest BCUT2D eigenvalue weighted by Crippen LogP contribution is 2.51. The number of rotatable bonds is 3. The summed E-state index contributed by atoms with van der Waals surface area (Å²) in [6.45, 7) is 0.469. The fourth-order valence-electron chi connectivity index (χ4n) is 3.89. The summed E-state index contributed by atoms with van der Waals surface area (Å²) in [5.41, 5.74) is -1.31. The fourth-order valence-corrected chi connectivity index (χ4v) is 5.82. The van der Waals surface area contributed by atoms with Crippen molar-refractivity contribution >= 4 is 15.8 Å². The molecule has 24 heavy (non-hydrogen) atoms. The second kappa shape index (κ2) is 5.36. The van der Waals surface area contributed by atoms with Crippen LogP contribution in [0.5, 0.6) is 0 Å². The van der Waals surface area contributed by atoms with Crippen LogP contribution in [-0.2, 0) is 10.0 Å². The van der Waals surface area contributed by atoms with Crippen LogP contribution < -0.4 is 4.90 Å². The first-order valence-corrected chi connectivity index (χ1v) is 9.87. The molecular formula is C16H21F2N3O2S. The van der Waals surface area contributed by atoms with Crippen LogP contribution in [0.15, 0.2) is 24.4 Å². The Bertz CT molecular complexity index is 724. The van der Waals surface area contributed by atoms with Crippen LogP contribution in [0.25, 0.3) is 0 Å². The molecule has 0 amide bonds. The minimum Gasteiger partial charge on any atom is -0.356 e. The molecule has 3 fully saturated rings. The third-order valence-corrected chi connectivity index (χ3v) is 7.91. The number of nitrogens with zero attached hydrogens (tertiary/aromatic N) is 3. The van der Waals surface area contributed by atoms with Crippen LogP contribution >= 0.6 is 0 Å². The first kappa shape index (κ1) is 16.2. The average molecular weight is 357 g/mol. The summed E-state index contributed by atoms with van der Waals surface area (Å²) in [5, 5.41) is -0.352. The molecule has 0 aromatic carbocycles. The van der Waals surface area contributed by atoms with Gasteiger partial charge in [0.15, 0.2) is 0 Å². The molecule has 1 aromatic rings. The summed E-state index contributed by atoms with van der Waals surface area (Å²) in [6.07, 6.45) is 2.84. The first-order valence-electron chi connectivity index (χ1n) is 8.37. The summed E-state index contributed by atoms with van der Waals surface area (Å²) in [6, 6.07) is 5.42. The summed E-state index contributed by atoms with van der Waals surface area (Å²) in [4.78, 5) is 6.09. The second-order valence-corrected chi connectivity index (χ2v) is 9.39. The number of hydrogen-bond acceptors (Lipinski definition) is 4. The van der Waals surface area contributed by atoms with Crippen molar-refractivity contribution in [2.45, 2.75) is 36.9 Å². The molecular weight excluding hydrogens is 336 g/mol. The number of anilines is 1. The molecule has 1 aromatic heterocycles. The van der Waals surface area contributed by atoms with Crippen molar-refractivity contribution in [3.63, 3.8) is 0 Å². The van der Waals surface area contributed by atoms with Crippen molar-refractivity contribution in [1.29, 1.82) is 0 Å². The molecule has 1 saturated carbocycles. The molecule has 1 aliphatic carbocycles. The summed E-state index contributed by atoms with van der Waals surface area (Å²) >= 11 is 0. The third-order valence-electron chi connectivity index (χ3n) is 5.56. The van der Waals surface area contributed by atoms with Crippen molar-refractivity contribution in [3.8, 4) is 0 Å². The number of halogens is 2. The van der Waals surface area contributed by atoms with Crippen LogP contribution in [0.4, 0.5) is 14.6 Å². The van der Waals surface area contributed by atoms with E-state index in [2.05, 4.69) is 4.98 Å². The minimum absolute atomic E-state index is 0.0723. The lowest BCUT2D eigenvalue weighted by atomic mass is 9.76. The first-order chi connectivity index (χ1) is 11.3. The molecule has 2 aliphatic heterocycles. The molecule has 8 heteroatoms. The van der Waals surface area contributed by atoms with Gasteiger partial charge in [-0.3, -0.25) is 0 Å². The Kier molecular flexibility index (Phi) is 3.62. The molecule has 1 spiro atoms. The van der Waals surface area contributed by atoms with Gasteiger partial charge in [-0.05, 0) is 31.4 Å². The minimum atomic E-state index is -3.42. The molecule has 1 unspecified atom stereocenters. The third kappa shape index (κ3) is 2.50. The van der Waals surface area contributed by atoms with Crippen LogP contribution in [0.1, 0.15) is 25.7 Å². The highest BCUT2D eigenvalue weighted by Gasteiger charge is 2.61. The number of piperidine rings is 1. The van der Waals surface area contributed by atoms with E-state index < -0.39 is 27.8 Å². The highest BCUT2D eigenvalue weighted by atomic mass is 32.2. The molecule has 1 atom stereocenters. The molecule has 0 bridgehead atoms. The van der Waals surface area contributed by atoms with Gasteiger partial charge in [0.25, 0.3) is 5.92 Å². The van der Waals surface area contributed by atoms with E-state index in [1.165, 1.54) is 4.31 Å². The van der Waals surface area contributed by atoms with E-state index in [4.69, 9.17) is 0 Å². The maximum atomic E-state index is 14.8. The standard InChI is InChI=1S/C16H21F2N3O2S/c17-16(18)7-10-21(24(22,23)13-4-5-13)12-15(16)6-9-20(11-15)14-3-1-2-8-19-14/h1-3,8,13H,4-7,9-12H2. The Hall–Kier alpha value is -1.28. The molecule has 4 rings (SSSR count). The lowest BCUT2D eigenvalue weighted by Crippen LogP contribution is -2.58. The molecule has 2 saturated heterocycles. The van der Waals surface area contributed by atoms with Crippen LogP contribution in [0, 0.1) is 5.41 Å². The van der Waals surface area contributed by atoms with Crippen LogP contribution in [0.2, 0.25) is 0 Å². The van der Waals surface area contributed by atoms with E-state index in [0.717, 1.165) is 0 Å². The zero-order valence-corrected chi connectivity index (χ0v) is 14.2. The second-order valence-electron chi connectivity index (χ2n) is 7.17. The largest absolute Gasteiger partial charge is 0.356 e.